The summed E-state index contributed by atoms with van der Waals surface area (Å²) < 4.78 is 0. The molecule has 7 nitrogen and oxygen atoms in total. The summed E-state index contributed by atoms with van der Waals surface area (Å²) in [5.74, 6) is 1.36. The number of hydrogen-bond acceptors (Lipinski definition) is 6. The topological polar surface area (TPSA) is 91.8 Å². The molecule has 2 aromatic heterocycles. The molecule has 1 aliphatic carbocycles. The maximum Gasteiger partial charge on any atom is 0.321 e. The van der Waals surface area contributed by atoms with Crippen molar-refractivity contribution in [3.05, 3.63) is 29.4 Å². The van der Waals surface area contributed by atoms with Crippen LogP contribution in [0, 0.1) is 0 Å². The molecule has 0 aromatic carbocycles. The van der Waals surface area contributed by atoms with E-state index in [9.17, 15) is 4.79 Å². The zero-order chi connectivity index (χ0) is 17.3. The highest BCUT2D eigenvalue weighted by molar-refractivity contribution is 7.15. The van der Waals surface area contributed by atoms with E-state index >= 15 is 0 Å². The third-order valence-corrected chi connectivity index (χ3v) is 5.23. The van der Waals surface area contributed by atoms with Gasteiger partial charge in [0.05, 0.1) is 0 Å². The van der Waals surface area contributed by atoms with Crippen molar-refractivity contribution in [1.29, 1.82) is 0 Å². The number of hydrogen-bond donors (Lipinski definition) is 3. The molecule has 0 aliphatic heterocycles. The highest BCUT2D eigenvalue weighted by atomic mass is 32.1. The molecular weight excluding hydrogens is 336 g/mol. The van der Waals surface area contributed by atoms with Gasteiger partial charge in [0.15, 0.2) is 0 Å². The van der Waals surface area contributed by atoms with Crippen molar-refractivity contribution in [3.63, 3.8) is 0 Å². The summed E-state index contributed by atoms with van der Waals surface area (Å²) in [6.45, 7) is 1.34. The first-order chi connectivity index (χ1) is 12.3. The smallest absolute Gasteiger partial charge is 0.321 e. The monoisotopic (exact) mass is 360 g/mol. The van der Waals surface area contributed by atoms with E-state index in [0.29, 0.717) is 17.6 Å². The van der Waals surface area contributed by atoms with Crippen molar-refractivity contribution in [2.45, 2.75) is 44.4 Å². The lowest BCUT2D eigenvalue weighted by atomic mass is 9.90. The van der Waals surface area contributed by atoms with Crippen LogP contribution in [0.3, 0.4) is 0 Å². The summed E-state index contributed by atoms with van der Waals surface area (Å²) in [5.41, 5.74) is 0. The third kappa shape index (κ3) is 5.67. The molecule has 1 fully saturated rings. The molecule has 8 heteroatoms. The normalized spacial score (nSPS) is 14.9. The van der Waals surface area contributed by atoms with Gasteiger partial charge in [-0.1, -0.05) is 36.7 Å². The lowest BCUT2D eigenvalue weighted by molar-refractivity contribution is 0.252. The Morgan fingerprint density at radius 1 is 1.16 bits per heavy atom. The molecule has 2 amide bonds. The molecule has 2 aromatic rings. The fourth-order valence-corrected chi connectivity index (χ4v) is 3.82. The standard InChI is InChI=1S/C17H24N6OS/c24-16(20-12-6-11-19-14-9-4-5-10-18-14)21-17-23-22-15(25-17)13-7-2-1-3-8-13/h4-5,9-10,13H,1-3,6-8,11-12H2,(H,18,19)(H2,20,21,23,24). The van der Waals surface area contributed by atoms with Crippen molar-refractivity contribution in [2.24, 2.45) is 0 Å². The van der Waals surface area contributed by atoms with Crippen LogP contribution in [0.15, 0.2) is 24.4 Å². The van der Waals surface area contributed by atoms with Gasteiger partial charge in [-0.2, -0.15) is 0 Å². The van der Waals surface area contributed by atoms with Gasteiger partial charge >= 0.3 is 6.03 Å². The van der Waals surface area contributed by atoms with E-state index in [0.717, 1.165) is 23.8 Å². The van der Waals surface area contributed by atoms with E-state index in [2.05, 4.69) is 31.1 Å². The number of anilines is 2. The minimum atomic E-state index is -0.232. The predicted octanol–water partition coefficient (Wildman–Crippen LogP) is 3.60. The summed E-state index contributed by atoms with van der Waals surface area (Å²) >= 11 is 1.49. The quantitative estimate of drug-likeness (QED) is 0.656. The Bertz CT molecular complexity index is 656. The summed E-state index contributed by atoms with van der Waals surface area (Å²) in [6, 6.07) is 5.50. The number of pyridine rings is 1. The van der Waals surface area contributed by atoms with Crippen molar-refractivity contribution in [2.75, 3.05) is 23.7 Å². The van der Waals surface area contributed by atoms with Crippen molar-refractivity contribution in [1.82, 2.24) is 20.5 Å². The van der Waals surface area contributed by atoms with Crippen LogP contribution in [-0.4, -0.2) is 34.3 Å². The number of nitrogens with zero attached hydrogens (tertiary/aromatic N) is 3. The van der Waals surface area contributed by atoms with Gasteiger partial charge in [0.2, 0.25) is 5.13 Å². The third-order valence-electron chi connectivity index (χ3n) is 4.23. The zero-order valence-electron chi connectivity index (χ0n) is 14.2. The van der Waals surface area contributed by atoms with Crippen LogP contribution in [0.25, 0.3) is 0 Å². The molecule has 0 bridgehead atoms. The first kappa shape index (κ1) is 17.6. The second-order valence-electron chi connectivity index (χ2n) is 6.16. The molecule has 134 valence electrons. The highest BCUT2D eigenvalue weighted by Gasteiger charge is 2.20. The Kier molecular flexibility index (Phi) is 6.55. The van der Waals surface area contributed by atoms with Crippen LogP contribution in [0.2, 0.25) is 0 Å². The molecule has 0 unspecified atom stereocenters. The van der Waals surface area contributed by atoms with E-state index in [1.807, 2.05) is 18.2 Å². The maximum absolute atomic E-state index is 11.9. The molecule has 0 saturated heterocycles. The SMILES string of the molecule is O=C(NCCCNc1ccccn1)Nc1nnc(C2CCCCC2)s1. The molecule has 0 atom stereocenters. The number of amides is 2. The molecule has 0 radical (unpaired) electrons. The van der Waals surface area contributed by atoms with E-state index in [1.165, 1.54) is 43.4 Å². The largest absolute Gasteiger partial charge is 0.370 e. The number of urea groups is 1. The molecule has 3 rings (SSSR count). The van der Waals surface area contributed by atoms with E-state index in [1.54, 1.807) is 6.20 Å². The maximum atomic E-state index is 11.9. The lowest BCUT2D eigenvalue weighted by Gasteiger charge is -2.18. The van der Waals surface area contributed by atoms with Gasteiger partial charge in [-0.15, -0.1) is 10.2 Å². The Morgan fingerprint density at radius 3 is 2.84 bits per heavy atom. The average molecular weight is 360 g/mol. The van der Waals surface area contributed by atoms with Gasteiger partial charge in [0.25, 0.3) is 0 Å². The fourth-order valence-electron chi connectivity index (χ4n) is 2.92. The van der Waals surface area contributed by atoms with E-state index in [-0.39, 0.29) is 6.03 Å². The Balaban J connectivity index is 1.33. The van der Waals surface area contributed by atoms with Gasteiger partial charge < -0.3 is 10.6 Å². The average Bonchev–Trinajstić information content (AvgIpc) is 3.11. The van der Waals surface area contributed by atoms with Gasteiger partial charge in [-0.05, 0) is 31.4 Å². The van der Waals surface area contributed by atoms with Crippen LogP contribution in [0.5, 0.6) is 0 Å². The molecular formula is C17H24N6OS. The molecule has 1 saturated carbocycles. The fraction of sp³-hybridized carbons (Fsp3) is 0.529. The first-order valence-corrected chi connectivity index (χ1v) is 9.66. The van der Waals surface area contributed by atoms with Crippen LogP contribution in [-0.2, 0) is 0 Å². The van der Waals surface area contributed by atoms with Gasteiger partial charge in [-0.3, -0.25) is 5.32 Å². The molecule has 0 spiro atoms. The summed E-state index contributed by atoms with van der Waals surface area (Å²) in [7, 11) is 0. The van der Waals surface area contributed by atoms with Gasteiger partial charge in [0, 0.05) is 25.2 Å². The van der Waals surface area contributed by atoms with Crippen molar-refractivity contribution >= 4 is 28.3 Å². The number of aromatic nitrogens is 3. The van der Waals surface area contributed by atoms with Gasteiger partial charge in [-0.25, -0.2) is 9.78 Å². The molecule has 3 N–H and O–H groups in total. The minimum Gasteiger partial charge on any atom is -0.370 e. The number of carbonyl (C=O) groups excluding carboxylic acids is 1. The molecule has 25 heavy (non-hydrogen) atoms. The Labute approximate surface area is 151 Å². The van der Waals surface area contributed by atoms with Gasteiger partial charge in [0.1, 0.15) is 10.8 Å². The van der Waals surface area contributed by atoms with Crippen LogP contribution in [0.1, 0.15) is 49.5 Å². The molecule has 2 heterocycles. The Hall–Kier alpha value is -2.22. The predicted molar refractivity (Wildman–Crippen MR) is 100 cm³/mol. The lowest BCUT2D eigenvalue weighted by Crippen LogP contribution is -2.30. The number of nitrogens with one attached hydrogen (secondary N) is 3. The zero-order valence-corrected chi connectivity index (χ0v) is 15.0. The minimum absolute atomic E-state index is 0.232. The number of carbonyl (C=O) groups is 1. The summed E-state index contributed by atoms with van der Waals surface area (Å²) in [5, 5.41) is 18.8. The van der Waals surface area contributed by atoms with E-state index in [4.69, 9.17) is 0 Å². The Morgan fingerprint density at radius 2 is 2.04 bits per heavy atom. The first-order valence-electron chi connectivity index (χ1n) is 8.84. The summed E-state index contributed by atoms with van der Waals surface area (Å²) in [4.78, 5) is 16.1. The summed E-state index contributed by atoms with van der Waals surface area (Å²) in [6.07, 6.45) is 8.78. The molecule has 1 aliphatic rings. The second-order valence-corrected chi connectivity index (χ2v) is 7.17. The number of rotatable bonds is 7. The van der Waals surface area contributed by atoms with Crippen molar-refractivity contribution in [3.8, 4) is 0 Å². The second kappa shape index (κ2) is 9.31. The van der Waals surface area contributed by atoms with Crippen LogP contribution < -0.4 is 16.0 Å². The van der Waals surface area contributed by atoms with Crippen LogP contribution in [0.4, 0.5) is 15.7 Å². The van der Waals surface area contributed by atoms with E-state index < -0.39 is 0 Å². The van der Waals surface area contributed by atoms with Crippen molar-refractivity contribution < 1.29 is 4.79 Å². The van der Waals surface area contributed by atoms with Crippen LogP contribution >= 0.6 is 11.3 Å². The highest BCUT2D eigenvalue weighted by Crippen LogP contribution is 2.35.